The van der Waals surface area contributed by atoms with Gasteiger partial charge in [-0.3, -0.25) is 4.31 Å². The third-order valence-corrected chi connectivity index (χ3v) is 8.57. The Balaban J connectivity index is 1.77. The van der Waals surface area contributed by atoms with Crippen molar-refractivity contribution in [1.29, 1.82) is 0 Å². The summed E-state index contributed by atoms with van der Waals surface area (Å²) in [4.78, 5) is 3.51. The number of benzene rings is 3. The Morgan fingerprint density at radius 3 is 2.31 bits per heavy atom. The zero-order chi connectivity index (χ0) is 30.9. The molecule has 14 heteroatoms. The second-order valence-corrected chi connectivity index (χ2v) is 11.9. The highest BCUT2D eigenvalue weighted by Gasteiger charge is 2.35. The van der Waals surface area contributed by atoms with Crippen LogP contribution in [0.3, 0.4) is 0 Å². The summed E-state index contributed by atoms with van der Waals surface area (Å²) in [5.41, 5.74) is -0.0301. The second-order valence-electron chi connectivity index (χ2n) is 9.67. The van der Waals surface area contributed by atoms with Gasteiger partial charge in [-0.1, -0.05) is 42.0 Å². The molecule has 226 valence electrons. The normalized spacial score (nSPS) is 14.5. The Kier molecular flexibility index (Phi) is 9.05. The van der Waals surface area contributed by atoms with Gasteiger partial charge in [0.25, 0.3) is 10.0 Å². The van der Waals surface area contributed by atoms with E-state index in [0.29, 0.717) is 30.9 Å². The molecule has 1 aliphatic heterocycles. The van der Waals surface area contributed by atoms with E-state index in [-0.39, 0.29) is 22.8 Å². The van der Waals surface area contributed by atoms with E-state index in [1.54, 1.807) is 12.1 Å². The van der Waals surface area contributed by atoms with Crippen LogP contribution in [-0.2, 0) is 16.2 Å². The minimum atomic E-state index is -5.01. The lowest BCUT2D eigenvalue weighted by atomic mass is 10.0. The number of ether oxygens (including phenoxy) is 1. The fourth-order valence-electron chi connectivity index (χ4n) is 4.46. The fraction of sp³-hybridized carbons (Fsp3) is 0.286. The molecule has 0 unspecified atom stereocenters. The molecule has 3 aromatic rings. The highest BCUT2D eigenvalue weighted by atomic mass is 35.5. The predicted octanol–water partition coefficient (Wildman–Crippen LogP) is 7.00. The molecule has 0 fully saturated rings. The zero-order valence-electron chi connectivity index (χ0n) is 22.4. The summed E-state index contributed by atoms with van der Waals surface area (Å²) in [6.07, 6.45) is -7.07. The van der Waals surface area contributed by atoms with E-state index < -0.39 is 38.8 Å². The molecule has 0 saturated heterocycles. The van der Waals surface area contributed by atoms with Crippen molar-refractivity contribution in [3.05, 3.63) is 82.4 Å². The van der Waals surface area contributed by atoms with Crippen LogP contribution in [0.25, 0.3) is 12.2 Å². The van der Waals surface area contributed by atoms with Crippen LogP contribution in [0.2, 0.25) is 5.02 Å². The highest BCUT2D eigenvalue weighted by molar-refractivity contribution is 7.92. The zero-order valence-corrected chi connectivity index (χ0v) is 23.9. The average Bonchev–Trinajstić information content (AvgIpc) is 2.89. The van der Waals surface area contributed by atoms with E-state index in [2.05, 4.69) is 4.74 Å². The molecule has 0 atom stereocenters. The van der Waals surface area contributed by atoms with Gasteiger partial charge in [-0.05, 0) is 56.1 Å². The summed E-state index contributed by atoms with van der Waals surface area (Å²) in [5.74, 6) is -0.690. The number of rotatable bonds is 8. The topological polar surface area (TPSA) is 53.1 Å². The van der Waals surface area contributed by atoms with Crippen molar-refractivity contribution in [2.75, 3.05) is 49.5 Å². The Hall–Kier alpha value is -3.42. The van der Waals surface area contributed by atoms with Crippen LogP contribution < -0.4 is 13.9 Å². The number of sulfonamides is 1. The maximum absolute atomic E-state index is 13.7. The molecule has 3 aromatic carbocycles. The molecule has 0 radical (unpaired) electrons. The highest BCUT2D eigenvalue weighted by Crippen LogP contribution is 2.39. The Labute approximate surface area is 244 Å². The maximum atomic E-state index is 13.7. The molecule has 0 bridgehead atoms. The van der Waals surface area contributed by atoms with Crippen molar-refractivity contribution in [2.24, 2.45) is 0 Å². The molecule has 0 N–H and O–H groups in total. The first-order chi connectivity index (χ1) is 19.6. The molecule has 42 heavy (non-hydrogen) atoms. The first-order valence-electron chi connectivity index (χ1n) is 12.5. The number of halogens is 7. The van der Waals surface area contributed by atoms with Gasteiger partial charge >= 0.3 is 12.5 Å². The fourth-order valence-corrected chi connectivity index (χ4v) is 6.19. The number of nitrogens with zero attached hydrogens (tertiary/aromatic N) is 3. The summed E-state index contributed by atoms with van der Waals surface area (Å²) in [6.45, 7) is 1.47. The van der Waals surface area contributed by atoms with E-state index in [4.69, 9.17) is 11.6 Å². The third-order valence-electron chi connectivity index (χ3n) is 6.43. The van der Waals surface area contributed by atoms with Crippen LogP contribution in [0, 0.1) is 0 Å². The lowest BCUT2D eigenvalue weighted by molar-refractivity contribution is -0.274. The van der Waals surface area contributed by atoms with Crippen LogP contribution in [-0.4, -0.2) is 60.0 Å². The molecule has 0 spiro atoms. The van der Waals surface area contributed by atoms with Crippen LogP contribution in [0.1, 0.15) is 16.7 Å². The first kappa shape index (κ1) is 31.5. The summed E-state index contributed by atoms with van der Waals surface area (Å²) in [5, 5.41) is -0.112. The molecule has 1 aliphatic rings. The largest absolute Gasteiger partial charge is 0.573 e. The lowest BCUT2D eigenvalue weighted by Crippen LogP contribution is -2.45. The lowest BCUT2D eigenvalue weighted by Gasteiger charge is -2.38. The minimum absolute atomic E-state index is 0.0248. The number of hydrogen-bond donors (Lipinski definition) is 0. The standard InChI is InChI=1S/C28H26ClF6N3O3S/c1-36(2)13-14-37-15-16-38(42(39,40)21-6-3-5-20(18-21)41-28(33,34)35)26-17-19(10-12-25(26)37)9-11-22-23(27(30,31)32)7-4-8-24(22)29/h3-12,17-18H,13-16H2,1-2H3/b11-9+. The molecule has 4 rings (SSSR count). The van der Waals surface area contributed by atoms with E-state index in [1.165, 1.54) is 30.4 Å². The Bertz CT molecular complexity index is 1580. The molecule has 0 aliphatic carbocycles. The number of hydrogen-bond acceptors (Lipinski definition) is 5. The number of fused-ring (bicyclic) bond motifs is 1. The van der Waals surface area contributed by atoms with E-state index >= 15 is 0 Å². The molecule has 0 amide bonds. The van der Waals surface area contributed by atoms with Crippen molar-refractivity contribution in [3.8, 4) is 5.75 Å². The quantitative estimate of drug-likeness (QED) is 0.197. The van der Waals surface area contributed by atoms with Crippen molar-refractivity contribution in [1.82, 2.24) is 4.90 Å². The second kappa shape index (κ2) is 12.1. The van der Waals surface area contributed by atoms with Gasteiger partial charge in [-0.15, -0.1) is 13.2 Å². The summed E-state index contributed by atoms with van der Waals surface area (Å²) in [6, 6.07) is 12.3. The Morgan fingerprint density at radius 2 is 1.64 bits per heavy atom. The molecule has 1 heterocycles. The number of anilines is 2. The predicted molar refractivity (Wildman–Crippen MR) is 150 cm³/mol. The monoisotopic (exact) mass is 633 g/mol. The van der Waals surface area contributed by atoms with Crippen LogP contribution in [0.4, 0.5) is 37.7 Å². The summed E-state index contributed by atoms with van der Waals surface area (Å²) in [7, 11) is -0.601. The molecule has 0 saturated carbocycles. The first-order valence-corrected chi connectivity index (χ1v) is 14.3. The van der Waals surface area contributed by atoms with Crippen molar-refractivity contribution in [2.45, 2.75) is 17.4 Å². The van der Waals surface area contributed by atoms with Crippen molar-refractivity contribution >= 4 is 45.2 Å². The van der Waals surface area contributed by atoms with Crippen molar-refractivity contribution in [3.63, 3.8) is 0 Å². The minimum Gasteiger partial charge on any atom is -0.406 e. The molecule has 0 aromatic heterocycles. The van der Waals surface area contributed by atoms with Gasteiger partial charge in [0.15, 0.2) is 0 Å². The SMILES string of the molecule is CN(C)CCN1CCN(S(=O)(=O)c2cccc(OC(F)(F)F)c2)c2cc(/C=C/c3c(Cl)cccc3C(F)(F)F)ccc21. The maximum Gasteiger partial charge on any atom is 0.573 e. The summed E-state index contributed by atoms with van der Waals surface area (Å²) >= 11 is 6.07. The van der Waals surface area contributed by atoms with Gasteiger partial charge in [-0.2, -0.15) is 13.2 Å². The third kappa shape index (κ3) is 7.31. The summed E-state index contributed by atoms with van der Waals surface area (Å²) < 4.78 is 111. The van der Waals surface area contributed by atoms with E-state index in [1.807, 2.05) is 23.9 Å². The van der Waals surface area contributed by atoms with Crippen molar-refractivity contribution < 1.29 is 39.5 Å². The van der Waals surface area contributed by atoms with Crippen LogP contribution in [0.15, 0.2) is 65.6 Å². The molecule has 6 nitrogen and oxygen atoms in total. The smallest absolute Gasteiger partial charge is 0.406 e. The number of alkyl halides is 6. The average molecular weight is 634 g/mol. The number of likely N-dealkylation sites (N-methyl/N-ethyl adjacent to an activating group) is 1. The van der Waals surface area contributed by atoms with Gasteiger partial charge in [0.2, 0.25) is 0 Å². The van der Waals surface area contributed by atoms with Crippen LogP contribution >= 0.6 is 11.6 Å². The molecular weight excluding hydrogens is 608 g/mol. The van der Waals surface area contributed by atoms with E-state index in [0.717, 1.165) is 34.6 Å². The molecular formula is C28H26ClF6N3O3S. The van der Waals surface area contributed by atoms with Gasteiger partial charge < -0.3 is 14.5 Å². The van der Waals surface area contributed by atoms with Gasteiger partial charge in [0.05, 0.1) is 28.4 Å². The van der Waals surface area contributed by atoms with E-state index in [9.17, 15) is 34.8 Å². The van der Waals surface area contributed by atoms with Gasteiger partial charge in [0.1, 0.15) is 5.75 Å². The Morgan fingerprint density at radius 1 is 0.929 bits per heavy atom. The van der Waals surface area contributed by atoms with Gasteiger partial charge in [0, 0.05) is 36.3 Å². The van der Waals surface area contributed by atoms with Crippen LogP contribution in [0.5, 0.6) is 5.75 Å². The van der Waals surface area contributed by atoms with Gasteiger partial charge in [-0.25, -0.2) is 8.42 Å².